The summed E-state index contributed by atoms with van der Waals surface area (Å²) in [7, 11) is 2.65. The van der Waals surface area contributed by atoms with Crippen LogP contribution >= 0.6 is 0 Å². The van der Waals surface area contributed by atoms with Crippen LogP contribution < -0.4 is 0 Å². The Morgan fingerprint density at radius 3 is 1.67 bits per heavy atom. The molecule has 0 aliphatic carbocycles. The highest BCUT2D eigenvalue weighted by Gasteiger charge is 2.21. The zero-order valence-electron chi connectivity index (χ0n) is 24.3. The summed E-state index contributed by atoms with van der Waals surface area (Å²) >= 11 is 0. The van der Waals surface area contributed by atoms with Crippen LogP contribution in [-0.2, 0) is 19.0 Å². The van der Waals surface area contributed by atoms with E-state index in [0.29, 0.717) is 34.6 Å². The first-order chi connectivity index (χ1) is 19.8. The minimum atomic E-state index is -1.11. The molecule has 4 rings (SSSR count). The van der Waals surface area contributed by atoms with Crippen molar-refractivity contribution in [2.24, 2.45) is 0 Å². The standard InChI is InChI=1S/C13H11NO5.C12H11NO3.C5H10O2/c1-7-10(12(15)16)11(19-14-7)8-3-5-9(6-4-8)13(17)18-2;1-8-7-11(16-13-8)9-3-5-10(6-4-9)12(14)15-2;1-5(2,3)7-4-6/h3-6H,1-2H3,(H,15,16);3-7H,1-2H3;4H,1-3H3. The number of esters is 2. The number of rotatable bonds is 6. The average Bonchev–Trinajstić information content (AvgIpc) is 3.58. The maximum atomic E-state index is 11.3. The van der Waals surface area contributed by atoms with Crippen LogP contribution in [0.5, 0.6) is 0 Å². The van der Waals surface area contributed by atoms with Gasteiger partial charge in [0.2, 0.25) is 0 Å². The molecule has 0 unspecified atom stereocenters. The van der Waals surface area contributed by atoms with Gasteiger partial charge in [-0.25, -0.2) is 14.4 Å². The van der Waals surface area contributed by atoms with Gasteiger partial charge in [-0.15, -0.1) is 0 Å². The third-order valence-corrected chi connectivity index (χ3v) is 5.26. The number of hydrogen-bond donors (Lipinski definition) is 1. The molecular formula is C30H32N2O10. The predicted molar refractivity (Wildman–Crippen MR) is 150 cm³/mol. The van der Waals surface area contributed by atoms with Crippen LogP contribution in [0.25, 0.3) is 22.6 Å². The third kappa shape index (κ3) is 9.44. The largest absolute Gasteiger partial charge is 0.477 e. The minimum absolute atomic E-state index is 0.0193. The molecule has 0 fully saturated rings. The van der Waals surface area contributed by atoms with Crippen molar-refractivity contribution in [3.63, 3.8) is 0 Å². The summed E-state index contributed by atoms with van der Waals surface area (Å²) in [5.74, 6) is -1.06. The zero-order chi connectivity index (χ0) is 31.4. The highest BCUT2D eigenvalue weighted by molar-refractivity contribution is 5.96. The van der Waals surface area contributed by atoms with Gasteiger partial charge in [-0.05, 0) is 58.9 Å². The molecule has 2 heterocycles. The van der Waals surface area contributed by atoms with Crippen LogP contribution in [0.1, 0.15) is 63.2 Å². The number of benzene rings is 2. The maximum absolute atomic E-state index is 11.3. The van der Waals surface area contributed by atoms with Gasteiger partial charge >= 0.3 is 17.9 Å². The number of carboxylic acid groups (broad SMARTS) is 1. The lowest BCUT2D eigenvalue weighted by Gasteiger charge is -2.14. The number of aromatic carboxylic acids is 1. The van der Waals surface area contributed by atoms with Crippen molar-refractivity contribution >= 4 is 24.4 Å². The van der Waals surface area contributed by atoms with E-state index >= 15 is 0 Å². The summed E-state index contributed by atoms with van der Waals surface area (Å²) in [5, 5.41) is 16.5. The van der Waals surface area contributed by atoms with Crippen molar-refractivity contribution in [3.05, 3.63) is 82.7 Å². The second-order valence-electron chi connectivity index (χ2n) is 9.57. The van der Waals surface area contributed by atoms with Crippen molar-refractivity contribution in [3.8, 4) is 22.6 Å². The number of aromatic nitrogens is 2. The number of carboxylic acids is 1. The van der Waals surface area contributed by atoms with E-state index in [-0.39, 0.29) is 22.9 Å². The Kier molecular flexibility index (Phi) is 11.7. The summed E-state index contributed by atoms with van der Waals surface area (Å²) in [6, 6.07) is 15.1. The normalized spacial score (nSPS) is 10.3. The first-order valence-electron chi connectivity index (χ1n) is 12.4. The van der Waals surface area contributed by atoms with Gasteiger partial charge in [0.1, 0.15) is 11.2 Å². The smallest absolute Gasteiger partial charge is 0.341 e. The van der Waals surface area contributed by atoms with Gasteiger partial charge in [-0.2, -0.15) is 0 Å². The average molecular weight is 581 g/mol. The minimum Gasteiger partial charge on any atom is -0.477 e. The molecule has 0 aliphatic rings. The quantitative estimate of drug-likeness (QED) is 0.172. The first kappa shape index (κ1) is 32.9. The molecule has 0 aliphatic heterocycles. The van der Waals surface area contributed by atoms with Gasteiger partial charge in [-0.1, -0.05) is 34.6 Å². The molecule has 12 nitrogen and oxygen atoms in total. The SMILES string of the molecule is CC(C)(C)OC=O.COC(=O)c1ccc(-c2cc(C)no2)cc1.COC(=O)c1ccc(-c2onc(C)c2C(=O)O)cc1. The van der Waals surface area contributed by atoms with Gasteiger partial charge in [0, 0.05) is 17.2 Å². The van der Waals surface area contributed by atoms with Crippen LogP contribution in [-0.4, -0.2) is 59.6 Å². The molecule has 0 bridgehead atoms. The Morgan fingerprint density at radius 2 is 1.31 bits per heavy atom. The zero-order valence-corrected chi connectivity index (χ0v) is 24.3. The highest BCUT2D eigenvalue weighted by Crippen LogP contribution is 2.26. The van der Waals surface area contributed by atoms with E-state index < -0.39 is 11.9 Å². The lowest BCUT2D eigenvalue weighted by Crippen LogP contribution is -2.17. The number of carbonyl (C=O) groups is 4. The summed E-state index contributed by atoms with van der Waals surface area (Å²) in [4.78, 5) is 43.2. The van der Waals surface area contributed by atoms with Crippen LogP contribution in [0.4, 0.5) is 0 Å². The molecule has 222 valence electrons. The Labute approximate surface area is 242 Å². The molecule has 42 heavy (non-hydrogen) atoms. The Morgan fingerprint density at radius 1 is 0.810 bits per heavy atom. The van der Waals surface area contributed by atoms with E-state index in [1.165, 1.54) is 26.4 Å². The molecule has 0 amide bonds. The van der Waals surface area contributed by atoms with Crippen molar-refractivity contribution < 1.29 is 47.5 Å². The second kappa shape index (κ2) is 14.9. The van der Waals surface area contributed by atoms with Crippen LogP contribution in [0.2, 0.25) is 0 Å². The predicted octanol–water partition coefficient (Wildman–Crippen LogP) is 5.53. The Balaban J connectivity index is 0.000000243. The van der Waals surface area contributed by atoms with Gasteiger partial charge < -0.3 is 28.4 Å². The summed E-state index contributed by atoms with van der Waals surface area (Å²) in [6.45, 7) is 9.33. The molecule has 0 saturated carbocycles. The van der Waals surface area contributed by atoms with Crippen LogP contribution in [0, 0.1) is 13.8 Å². The van der Waals surface area contributed by atoms with Crippen molar-refractivity contribution in [1.29, 1.82) is 0 Å². The molecule has 0 saturated heterocycles. The lowest BCUT2D eigenvalue weighted by molar-refractivity contribution is -0.138. The van der Waals surface area contributed by atoms with Crippen molar-refractivity contribution in [1.82, 2.24) is 10.3 Å². The number of carbonyl (C=O) groups excluding carboxylic acids is 3. The molecule has 2 aromatic heterocycles. The summed E-state index contributed by atoms with van der Waals surface area (Å²) in [5.41, 5.74) is 3.14. The van der Waals surface area contributed by atoms with E-state index in [2.05, 4.69) is 24.5 Å². The molecule has 4 aromatic rings. The van der Waals surface area contributed by atoms with E-state index in [9.17, 15) is 19.2 Å². The number of methoxy groups -OCH3 is 2. The third-order valence-electron chi connectivity index (χ3n) is 5.26. The molecule has 2 aromatic carbocycles. The fraction of sp³-hybridized carbons (Fsp3) is 0.267. The van der Waals surface area contributed by atoms with Gasteiger partial charge in [0.05, 0.1) is 36.7 Å². The molecule has 12 heteroatoms. The Hall–Kier alpha value is -5.26. The monoisotopic (exact) mass is 580 g/mol. The molecule has 1 N–H and O–H groups in total. The molecule has 0 atom stereocenters. The number of aryl methyl sites for hydroxylation is 2. The summed E-state index contributed by atoms with van der Waals surface area (Å²) in [6.07, 6.45) is 0. The maximum Gasteiger partial charge on any atom is 0.341 e. The fourth-order valence-electron chi connectivity index (χ4n) is 3.23. The highest BCUT2D eigenvalue weighted by atomic mass is 16.5. The van der Waals surface area contributed by atoms with Gasteiger partial charge in [0.25, 0.3) is 6.47 Å². The van der Waals surface area contributed by atoms with Gasteiger partial charge in [0.15, 0.2) is 11.5 Å². The lowest BCUT2D eigenvalue weighted by atomic mass is 10.1. The van der Waals surface area contributed by atoms with E-state index in [4.69, 9.17) is 14.2 Å². The first-order valence-corrected chi connectivity index (χ1v) is 12.4. The molecular weight excluding hydrogens is 548 g/mol. The number of hydrogen-bond acceptors (Lipinski definition) is 11. The van der Waals surface area contributed by atoms with Crippen LogP contribution in [0.15, 0.2) is 63.6 Å². The van der Waals surface area contributed by atoms with Crippen molar-refractivity contribution in [2.75, 3.05) is 14.2 Å². The van der Waals surface area contributed by atoms with Crippen LogP contribution in [0.3, 0.4) is 0 Å². The number of nitrogens with zero attached hydrogens (tertiary/aromatic N) is 2. The van der Waals surface area contributed by atoms with E-state index in [1.807, 2.05) is 33.8 Å². The molecule has 0 spiro atoms. The second-order valence-corrected chi connectivity index (χ2v) is 9.57. The topological polar surface area (TPSA) is 168 Å². The van der Waals surface area contributed by atoms with E-state index in [1.54, 1.807) is 43.3 Å². The van der Waals surface area contributed by atoms with Gasteiger partial charge in [-0.3, -0.25) is 4.79 Å². The van der Waals surface area contributed by atoms with Crippen molar-refractivity contribution in [2.45, 2.75) is 40.2 Å². The number of ether oxygens (including phenoxy) is 3. The van der Waals surface area contributed by atoms with E-state index in [0.717, 1.165) is 11.3 Å². The molecule has 0 radical (unpaired) electrons. The fourth-order valence-corrected chi connectivity index (χ4v) is 3.23. The summed E-state index contributed by atoms with van der Waals surface area (Å²) < 4.78 is 23.9. The Bertz CT molecular complexity index is 1490.